The average molecular weight is 221 g/mol. The zero-order chi connectivity index (χ0) is 11.6. The van der Waals surface area contributed by atoms with Crippen molar-refractivity contribution in [3.63, 3.8) is 0 Å². The van der Waals surface area contributed by atoms with Crippen LogP contribution in [-0.4, -0.2) is 24.9 Å². The van der Waals surface area contributed by atoms with Crippen LogP contribution < -0.4 is 5.73 Å². The lowest BCUT2D eigenvalue weighted by Crippen LogP contribution is -2.49. The Hall–Kier alpha value is -0.900. The Morgan fingerprint density at radius 3 is 2.81 bits per heavy atom. The summed E-state index contributed by atoms with van der Waals surface area (Å²) in [6.07, 6.45) is 1.37. The van der Waals surface area contributed by atoms with Crippen LogP contribution >= 0.6 is 0 Å². The topological polar surface area (TPSA) is 55.5 Å². The van der Waals surface area contributed by atoms with E-state index >= 15 is 0 Å². The molecule has 1 aromatic carbocycles. The van der Waals surface area contributed by atoms with E-state index in [-0.39, 0.29) is 11.5 Å². The molecular formula is C13H19NO2. The van der Waals surface area contributed by atoms with Crippen molar-refractivity contribution in [2.45, 2.75) is 31.0 Å². The Morgan fingerprint density at radius 2 is 2.25 bits per heavy atom. The molecule has 0 bridgehead atoms. The van der Waals surface area contributed by atoms with Crippen LogP contribution in [0.15, 0.2) is 24.3 Å². The fraction of sp³-hybridized carbons (Fsp3) is 0.538. The molecule has 16 heavy (non-hydrogen) atoms. The molecule has 3 N–H and O–H groups in total. The Kier molecular flexibility index (Phi) is 3.28. The van der Waals surface area contributed by atoms with Crippen molar-refractivity contribution in [2.75, 3.05) is 13.7 Å². The minimum Gasteiger partial charge on any atom is -0.393 e. The number of ether oxygens (including phenoxy) is 1. The standard InChI is InChI=1S/C13H19NO2/c1-16-8-10-3-2-4-11(5-10)13(9-14)6-12(15)7-13/h2-5,12,15H,6-9,14H2,1H3. The van der Waals surface area contributed by atoms with Crippen LogP contribution in [0.5, 0.6) is 0 Å². The van der Waals surface area contributed by atoms with E-state index in [9.17, 15) is 5.11 Å². The molecule has 0 spiro atoms. The van der Waals surface area contributed by atoms with Gasteiger partial charge in [-0.1, -0.05) is 24.3 Å². The molecule has 1 aliphatic rings. The molecule has 3 heteroatoms. The second-order valence-corrected chi connectivity index (χ2v) is 4.68. The predicted octanol–water partition coefficient (Wildman–Crippen LogP) is 1.18. The number of methoxy groups -OCH3 is 1. The molecule has 1 aliphatic carbocycles. The number of nitrogens with two attached hydrogens (primary N) is 1. The van der Waals surface area contributed by atoms with Crippen molar-refractivity contribution in [1.29, 1.82) is 0 Å². The Balaban J connectivity index is 2.22. The van der Waals surface area contributed by atoms with Gasteiger partial charge < -0.3 is 15.6 Å². The summed E-state index contributed by atoms with van der Waals surface area (Å²) in [5.41, 5.74) is 8.23. The summed E-state index contributed by atoms with van der Waals surface area (Å²) in [7, 11) is 1.69. The largest absolute Gasteiger partial charge is 0.393 e. The van der Waals surface area contributed by atoms with Gasteiger partial charge in [0, 0.05) is 19.1 Å². The number of hydrogen-bond acceptors (Lipinski definition) is 3. The van der Waals surface area contributed by atoms with Crippen molar-refractivity contribution < 1.29 is 9.84 Å². The van der Waals surface area contributed by atoms with Gasteiger partial charge in [0.25, 0.3) is 0 Å². The summed E-state index contributed by atoms with van der Waals surface area (Å²) < 4.78 is 5.12. The van der Waals surface area contributed by atoms with Gasteiger partial charge in [0.2, 0.25) is 0 Å². The molecule has 0 aliphatic heterocycles. The summed E-state index contributed by atoms with van der Waals surface area (Å²) in [6, 6.07) is 8.32. The van der Waals surface area contributed by atoms with Crippen LogP contribution in [-0.2, 0) is 16.8 Å². The first kappa shape index (κ1) is 11.6. The summed E-state index contributed by atoms with van der Waals surface area (Å²) in [5.74, 6) is 0. The summed E-state index contributed by atoms with van der Waals surface area (Å²) >= 11 is 0. The lowest BCUT2D eigenvalue weighted by Gasteiger charge is -2.45. The van der Waals surface area contributed by atoms with E-state index in [1.165, 1.54) is 5.56 Å². The number of aliphatic hydroxyl groups is 1. The molecule has 0 atom stereocenters. The van der Waals surface area contributed by atoms with Crippen LogP contribution in [0.4, 0.5) is 0 Å². The Morgan fingerprint density at radius 1 is 1.50 bits per heavy atom. The molecule has 1 saturated carbocycles. The highest BCUT2D eigenvalue weighted by molar-refractivity contribution is 5.33. The van der Waals surface area contributed by atoms with Crippen molar-refractivity contribution in [3.8, 4) is 0 Å². The second kappa shape index (κ2) is 4.53. The van der Waals surface area contributed by atoms with Gasteiger partial charge in [-0.05, 0) is 24.0 Å². The summed E-state index contributed by atoms with van der Waals surface area (Å²) in [4.78, 5) is 0. The first-order valence-electron chi connectivity index (χ1n) is 5.67. The molecule has 1 fully saturated rings. The van der Waals surface area contributed by atoms with Gasteiger partial charge in [-0.3, -0.25) is 0 Å². The summed E-state index contributed by atoms with van der Waals surface area (Å²) in [5, 5.41) is 9.47. The van der Waals surface area contributed by atoms with Gasteiger partial charge in [-0.2, -0.15) is 0 Å². The van der Waals surface area contributed by atoms with Crippen LogP contribution in [0, 0.1) is 0 Å². The molecule has 0 amide bonds. The minimum absolute atomic E-state index is 0.0107. The second-order valence-electron chi connectivity index (χ2n) is 4.68. The van der Waals surface area contributed by atoms with Gasteiger partial charge in [0.05, 0.1) is 12.7 Å². The maximum absolute atomic E-state index is 9.47. The van der Waals surface area contributed by atoms with E-state index in [0.29, 0.717) is 13.2 Å². The molecule has 2 rings (SSSR count). The lowest BCUT2D eigenvalue weighted by atomic mass is 9.62. The van der Waals surface area contributed by atoms with Crippen molar-refractivity contribution in [3.05, 3.63) is 35.4 Å². The smallest absolute Gasteiger partial charge is 0.0713 e. The van der Waals surface area contributed by atoms with Crippen LogP contribution in [0.25, 0.3) is 0 Å². The van der Waals surface area contributed by atoms with Crippen LogP contribution in [0.3, 0.4) is 0 Å². The van der Waals surface area contributed by atoms with E-state index in [1.807, 2.05) is 12.1 Å². The fourth-order valence-electron chi connectivity index (χ4n) is 2.52. The summed E-state index contributed by atoms with van der Waals surface area (Å²) in [6.45, 7) is 1.22. The van der Waals surface area contributed by atoms with Crippen molar-refractivity contribution in [2.24, 2.45) is 5.73 Å². The number of aliphatic hydroxyl groups excluding tert-OH is 1. The maximum atomic E-state index is 9.47. The minimum atomic E-state index is -0.186. The normalized spacial score (nSPS) is 28.8. The highest BCUT2D eigenvalue weighted by atomic mass is 16.5. The molecule has 0 aromatic heterocycles. The molecule has 0 heterocycles. The first-order chi connectivity index (χ1) is 7.70. The molecule has 1 aromatic rings. The molecule has 0 unspecified atom stereocenters. The van der Waals surface area contributed by atoms with Gasteiger partial charge in [0.1, 0.15) is 0 Å². The van der Waals surface area contributed by atoms with Gasteiger partial charge in [-0.15, -0.1) is 0 Å². The Bertz CT molecular complexity index is 359. The quantitative estimate of drug-likeness (QED) is 0.803. The van der Waals surface area contributed by atoms with E-state index < -0.39 is 0 Å². The third-order valence-electron chi connectivity index (χ3n) is 3.49. The van der Waals surface area contributed by atoms with E-state index in [4.69, 9.17) is 10.5 Å². The van der Waals surface area contributed by atoms with Crippen molar-refractivity contribution in [1.82, 2.24) is 0 Å². The average Bonchev–Trinajstić information content (AvgIpc) is 2.25. The maximum Gasteiger partial charge on any atom is 0.0713 e. The number of benzene rings is 1. The third-order valence-corrected chi connectivity index (χ3v) is 3.49. The highest BCUT2D eigenvalue weighted by Gasteiger charge is 2.43. The SMILES string of the molecule is COCc1cccc(C2(CN)CC(O)C2)c1. The van der Waals surface area contributed by atoms with Crippen LogP contribution in [0.1, 0.15) is 24.0 Å². The fourth-order valence-corrected chi connectivity index (χ4v) is 2.52. The van der Waals surface area contributed by atoms with E-state index in [0.717, 1.165) is 18.4 Å². The molecule has 3 nitrogen and oxygen atoms in total. The lowest BCUT2D eigenvalue weighted by molar-refractivity contribution is 0.0221. The van der Waals surface area contributed by atoms with Crippen LogP contribution in [0.2, 0.25) is 0 Å². The number of rotatable bonds is 4. The first-order valence-corrected chi connectivity index (χ1v) is 5.67. The van der Waals surface area contributed by atoms with Gasteiger partial charge in [0.15, 0.2) is 0 Å². The van der Waals surface area contributed by atoms with Crippen molar-refractivity contribution >= 4 is 0 Å². The zero-order valence-corrected chi connectivity index (χ0v) is 9.65. The predicted molar refractivity (Wildman–Crippen MR) is 63.1 cm³/mol. The van der Waals surface area contributed by atoms with E-state index in [1.54, 1.807) is 7.11 Å². The Labute approximate surface area is 96.2 Å². The van der Waals surface area contributed by atoms with Gasteiger partial charge >= 0.3 is 0 Å². The monoisotopic (exact) mass is 221 g/mol. The molecule has 0 saturated heterocycles. The molecule has 88 valence electrons. The van der Waals surface area contributed by atoms with E-state index in [2.05, 4.69) is 12.1 Å². The number of hydrogen-bond donors (Lipinski definition) is 2. The highest BCUT2D eigenvalue weighted by Crippen LogP contribution is 2.43. The van der Waals surface area contributed by atoms with Gasteiger partial charge in [-0.25, -0.2) is 0 Å². The molecular weight excluding hydrogens is 202 g/mol. The molecule has 0 radical (unpaired) electrons. The zero-order valence-electron chi connectivity index (χ0n) is 9.65. The third kappa shape index (κ3) is 1.98.